The number of benzene rings is 2. The molecule has 1 heterocycles. The Bertz CT molecular complexity index is 1000. The van der Waals surface area contributed by atoms with Crippen molar-refractivity contribution in [1.82, 2.24) is 5.32 Å². The molecule has 1 aliphatic heterocycles. The highest BCUT2D eigenvalue weighted by molar-refractivity contribution is 8.15. The quantitative estimate of drug-likeness (QED) is 0.550. The number of rotatable bonds is 5. The second-order valence-electron chi connectivity index (χ2n) is 6.77. The van der Waals surface area contributed by atoms with Crippen molar-refractivity contribution >= 4 is 51.7 Å². The molecule has 8 heteroatoms. The molecule has 1 saturated heterocycles. The number of carbonyl (C=O) groups excluding carboxylic acids is 2. The number of nitrogens with zero attached hydrogens (tertiary/aromatic N) is 2. The molecule has 150 valence electrons. The Balaban J connectivity index is 1.59. The van der Waals surface area contributed by atoms with E-state index in [1.807, 2.05) is 51.1 Å². The lowest BCUT2D eigenvalue weighted by Crippen LogP contribution is -2.28. The van der Waals surface area contributed by atoms with Crippen LogP contribution in [0.3, 0.4) is 0 Å². The van der Waals surface area contributed by atoms with Gasteiger partial charge in [-0.1, -0.05) is 59.3 Å². The average molecular weight is 429 g/mol. The molecule has 2 aromatic rings. The maximum Gasteiger partial charge on any atom is 0.240 e. The van der Waals surface area contributed by atoms with Gasteiger partial charge in [-0.25, -0.2) is 0 Å². The van der Waals surface area contributed by atoms with E-state index in [2.05, 4.69) is 20.8 Å². The fraction of sp³-hybridized carbons (Fsp3) is 0.238. The number of hydrogen-bond donors (Lipinski definition) is 2. The first kappa shape index (κ1) is 21.1. The van der Waals surface area contributed by atoms with Gasteiger partial charge in [0.1, 0.15) is 5.25 Å². The molecule has 3 rings (SSSR count). The summed E-state index contributed by atoms with van der Waals surface area (Å²) in [6.45, 7) is 5.76. The van der Waals surface area contributed by atoms with E-state index in [4.69, 9.17) is 11.6 Å². The molecule has 0 radical (unpaired) electrons. The zero-order valence-corrected chi connectivity index (χ0v) is 17.9. The summed E-state index contributed by atoms with van der Waals surface area (Å²) in [6, 6.07) is 13.2. The van der Waals surface area contributed by atoms with Gasteiger partial charge in [-0.05, 0) is 44.0 Å². The van der Waals surface area contributed by atoms with E-state index in [1.165, 1.54) is 17.3 Å². The van der Waals surface area contributed by atoms with Gasteiger partial charge in [0.15, 0.2) is 5.17 Å². The molecule has 2 N–H and O–H groups in total. The summed E-state index contributed by atoms with van der Waals surface area (Å²) in [6.07, 6.45) is 0.0294. The van der Waals surface area contributed by atoms with Crippen LogP contribution >= 0.6 is 23.4 Å². The SMILES string of the molecule is C/C(=N\N=C1\NC(=O)C(CC(=O)Nc2ccc(C)c(Cl)c2)S1)c1ccc(C)cc1. The standard InChI is InChI=1S/C21H21ClN4O2S/c1-12-4-7-15(8-5-12)14(3)25-26-21-24-20(28)18(29-21)11-19(27)23-16-9-6-13(2)17(22)10-16/h4-10,18H,11H2,1-3H3,(H,23,27)(H,24,26,28)/b25-14+. The van der Waals surface area contributed by atoms with Gasteiger partial charge in [0.2, 0.25) is 11.8 Å². The Kier molecular flexibility index (Phi) is 6.71. The van der Waals surface area contributed by atoms with Crippen LogP contribution in [0.5, 0.6) is 0 Å². The minimum absolute atomic E-state index is 0.0294. The highest BCUT2D eigenvalue weighted by Crippen LogP contribution is 2.24. The molecule has 0 bridgehead atoms. The first-order valence-corrected chi connectivity index (χ1v) is 10.3. The summed E-state index contributed by atoms with van der Waals surface area (Å²) >= 11 is 7.27. The topological polar surface area (TPSA) is 82.9 Å². The van der Waals surface area contributed by atoms with Gasteiger partial charge in [-0.3, -0.25) is 9.59 Å². The summed E-state index contributed by atoms with van der Waals surface area (Å²) in [5, 5.41) is 14.2. The molecule has 29 heavy (non-hydrogen) atoms. The Morgan fingerprint density at radius 2 is 1.93 bits per heavy atom. The van der Waals surface area contributed by atoms with Gasteiger partial charge in [0.05, 0.1) is 5.71 Å². The van der Waals surface area contributed by atoms with E-state index in [1.54, 1.807) is 12.1 Å². The van der Waals surface area contributed by atoms with Crippen LogP contribution in [-0.2, 0) is 9.59 Å². The number of hydrogen-bond acceptors (Lipinski definition) is 5. The molecule has 0 spiro atoms. The molecule has 0 aliphatic carbocycles. The third kappa shape index (κ3) is 5.68. The number of amides is 2. The normalized spacial score (nSPS) is 18.1. The number of anilines is 1. The molecular formula is C21H21ClN4O2S. The van der Waals surface area contributed by atoms with Crippen molar-refractivity contribution in [1.29, 1.82) is 0 Å². The maximum atomic E-state index is 12.3. The number of amidine groups is 1. The van der Waals surface area contributed by atoms with Gasteiger partial charge < -0.3 is 10.6 Å². The lowest BCUT2D eigenvalue weighted by atomic mass is 10.1. The molecule has 1 atom stereocenters. The fourth-order valence-corrected chi connectivity index (χ4v) is 3.71. The smallest absolute Gasteiger partial charge is 0.240 e. The predicted octanol–water partition coefficient (Wildman–Crippen LogP) is 4.30. The molecule has 2 amide bonds. The second kappa shape index (κ2) is 9.24. The predicted molar refractivity (Wildman–Crippen MR) is 120 cm³/mol. The van der Waals surface area contributed by atoms with Crippen molar-refractivity contribution in [3.8, 4) is 0 Å². The van der Waals surface area contributed by atoms with E-state index >= 15 is 0 Å². The molecule has 1 unspecified atom stereocenters. The molecule has 1 fully saturated rings. The molecule has 2 aromatic carbocycles. The van der Waals surface area contributed by atoms with Gasteiger partial charge in [-0.15, -0.1) is 5.10 Å². The number of thioether (sulfide) groups is 1. The van der Waals surface area contributed by atoms with Crippen molar-refractivity contribution < 1.29 is 9.59 Å². The molecule has 0 saturated carbocycles. The van der Waals surface area contributed by atoms with E-state index in [0.717, 1.165) is 16.8 Å². The highest BCUT2D eigenvalue weighted by atomic mass is 35.5. The van der Waals surface area contributed by atoms with E-state index < -0.39 is 5.25 Å². The summed E-state index contributed by atoms with van der Waals surface area (Å²) in [7, 11) is 0. The highest BCUT2D eigenvalue weighted by Gasteiger charge is 2.32. The number of aryl methyl sites for hydroxylation is 2. The van der Waals surface area contributed by atoms with Crippen LogP contribution < -0.4 is 10.6 Å². The Morgan fingerprint density at radius 3 is 2.62 bits per heavy atom. The van der Waals surface area contributed by atoms with E-state index in [-0.39, 0.29) is 18.2 Å². The summed E-state index contributed by atoms with van der Waals surface area (Å²) in [5.74, 6) is -0.521. The minimum atomic E-state index is -0.551. The van der Waals surface area contributed by atoms with Crippen LogP contribution in [0.2, 0.25) is 5.02 Å². The second-order valence-corrected chi connectivity index (χ2v) is 8.37. The molecule has 0 aromatic heterocycles. The molecule has 1 aliphatic rings. The van der Waals surface area contributed by atoms with Crippen LogP contribution in [0.4, 0.5) is 5.69 Å². The van der Waals surface area contributed by atoms with Crippen molar-refractivity contribution in [2.75, 3.05) is 5.32 Å². The van der Waals surface area contributed by atoms with Gasteiger partial charge in [0.25, 0.3) is 0 Å². The summed E-state index contributed by atoms with van der Waals surface area (Å²) in [5.41, 5.74) is 4.39. The first-order chi connectivity index (χ1) is 13.8. The van der Waals surface area contributed by atoms with Crippen molar-refractivity contribution in [2.24, 2.45) is 10.2 Å². The van der Waals surface area contributed by atoms with Crippen LogP contribution in [0.15, 0.2) is 52.7 Å². The van der Waals surface area contributed by atoms with Crippen molar-refractivity contribution in [3.05, 3.63) is 64.2 Å². The Labute approximate surface area is 178 Å². The third-order valence-corrected chi connectivity index (χ3v) is 5.84. The van der Waals surface area contributed by atoms with Crippen LogP contribution in [0.1, 0.15) is 30.0 Å². The van der Waals surface area contributed by atoms with Crippen LogP contribution in [0, 0.1) is 13.8 Å². The van der Waals surface area contributed by atoms with Crippen LogP contribution in [-0.4, -0.2) is 27.9 Å². The van der Waals surface area contributed by atoms with Crippen molar-refractivity contribution in [3.63, 3.8) is 0 Å². The Morgan fingerprint density at radius 1 is 1.21 bits per heavy atom. The van der Waals surface area contributed by atoms with Gasteiger partial charge in [-0.2, -0.15) is 5.10 Å². The number of halogens is 1. The van der Waals surface area contributed by atoms with E-state index in [0.29, 0.717) is 15.9 Å². The maximum absolute atomic E-state index is 12.3. The number of carbonyl (C=O) groups is 2. The Hall–Kier alpha value is -2.64. The lowest BCUT2D eigenvalue weighted by molar-refractivity contribution is -0.122. The monoisotopic (exact) mass is 428 g/mol. The third-order valence-electron chi connectivity index (χ3n) is 4.36. The fourth-order valence-electron chi connectivity index (χ4n) is 2.61. The average Bonchev–Trinajstić information content (AvgIpc) is 3.02. The largest absolute Gasteiger partial charge is 0.326 e. The lowest BCUT2D eigenvalue weighted by Gasteiger charge is -2.08. The number of nitrogens with one attached hydrogen (secondary N) is 2. The van der Waals surface area contributed by atoms with Gasteiger partial charge >= 0.3 is 0 Å². The van der Waals surface area contributed by atoms with E-state index in [9.17, 15) is 9.59 Å². The summed E-state index contributed by atoms with van der Waals surface area (Å²) < 4.78 is 0. The molecular weight excluding hydrogens is 408 g/mol. The minimum Gasteiger partial charge on any atom is -0.326 e. The van der Waals surface area contributed by atoms with Crippen molar-refractivity contribution in [2.45, 2.75) is 32.4 Å². The summed E-state index contributed by atoms with van der Waals surface area (Å²) in [4.78, 5) is 24.4. The first-order valence-electron chi connectivity index (χ1n) is 9.04. The zero-order valence-electron chi connectivity index (χ0n) is 16.3. The zero-order chi connectivity index (χ0) is 21.0. The van der Waals surface area contributed by atoms with Crippen LogP contribution in [0.25, 0.3) is 0 Å². The van der Waals surface area contributed by atoms with Gasteiger partial charge in [0, 0.05) is 17.1 Å². The molecule has 6 nitrogen and oxygen atoms in total.